The normalized spacial score (nSPS) is 16.6. The van der Waals surface area contributed by atoms with Gasteiger partial charge in [-0.05, 0) is 38.3 Å². The number of carbonyl (C=O) groups excluding carboxylic acids is 1. The second kappa shape index (κ2) is 6.59. The van der Waals surface area contributed by atoms with E-state index in [2.05, 4.69) is 5.32 Å². The van der Waals surface area contributed by atoms with E-state index in [-0.39, 0.29) is 17.7 Å². The van der Waals surface area contributed by atoms with E-state index in [1.807, 2.05) is 11.8 Å². The molecule has 0 aliphatic carbocycles. The number of ether oxygens (including phenoxy) is 1. The molecule has 1 aromatic carbocycles. The lowest BCUT2D eigenvalue weighted by molar-refractivity contribution is -0.132. The van der Waals surface area contributed by atoms with Crippen molar-refractivity contribution in [2.24, 2.45) is 0 Å². The maximum Gasteiger partial charge on any atom is 0.244 e. The van der Waals surface area contributed by atoms with Crippen LogP contribution in [0.3, 0.4) is 0 Å². The number of benzene rings is 1. The Balaban J connectivity index is 1.99. The van der Waals surface area contributed by atoms with Crippen LogP contribution in [0, 0.1) is 5.82 Å². The lowest BCUT2D eigenvalue weighted by atomic mass is 10.1. The fraction of sp³-hybridized carbons (Fsp3) is 0.533. The summed E-state index contributed by atoms with van der Waals surface area (Å²) in [5.41, 5.74) is 0.682. The Kier molecular flexibility index (Phi) is 4.82. The van der Waals surface area contributed by atoms with Gasteiger partial charge in [0.05, 0.1) is 7.11 Å². The van der Waals surface area contributed by atoms with Crippen molar-refractivity contribution in [2.75, 3.05) is 25.5 Å². The summed E-state index contributed by atoms with van der Waals surface area (Å²) in [4.78, 5) is 14.2. The Morgan fingerprint density at radius 3 is 2.70 bits per heavy atom. The molecule has 0 aromatic heterocycles. The van der Waals surface area contributed by atoms with Crippen molar-refractivity contribution in [1.82, 2.24) is 4.90 Å². The number of likely N-dealkylation sites (tertiary alicyclic amines) is 1. The van der Waals surface area contributed by atoms with Crippen molar-refractivity contribution < 1.29 is 13.9 Å². The minimum Gasteiger partial charge on any atom is -0.494 e. The van der Waals surface area contributed by atoms with E-state index in [0.717, 1.165) is 25.9 Å². The third-order valence-electron chi connectivity index (χ3n) is 3.57. The first-order valence-corrected chi connectivity index (χ1v) is 7.00. The van der Waals surface area contributed by atoms with E-state index in [1.165, 1.54) is 19.6 Å². The average Bonchev–Trinajstić information content (AvgIpc) is 2.49. The molecule has 1 unspecified atom stereocenters. The van der Waals surface area contributed by atoms with Gasteiger partial charge in [-0.1, -0.05) is 0 Å². The van der Waals surface area contributed by atoms with Crippen molar-refractivity contribution in [3.63, 3.8) is 0 Å². The van der Waals surface area contributed by atoms with Crippen LogP contribution in [0.15, 0.2) is 18.2 Å². The standard InChI is InChI=1S/C15H21FN2O2/c1-11(15(19)18-8-4-3-5-9-18)17-12-6-7-13(16)14(10-12)20-2/h6-7,10-11,17H,3-5,8-9H2,1-2H3. The number of methoxy groups -OCH3 is 1. The molecule has 1 heterocycles. The predicted molar refractivity (Wildman–Crippen MR) is 76.5 cm³/mol. The molecule has 1 aromatic rings. The zero-order valence-electron chi connectivity index (χ0n) is 12.0. The first kappa shape index (κ1) is 14.6. The maximum absolute atomic E-state index is 13.3. The SMILES string of the molecule is COc1cc(NC(C)C(=O)N2CCCCC2)ccc1F. The van der Waals surface area contributed by atoms with Crippen LogP contribution in [-0.4, -0.2) is 37.0 Å². The number of nitrogens with zero attached hydrogens (tertiary/aromatic N) is 1. The summed E-state index contributed by atoms with van der Waals surface area (Å²) in [7, 11) is 1.42. The van der Waals surface area contributed by atoms with Crippen LogP contribution >= 0.6 is 0 Å². The second-order valence-electron chi connectivity index (χ2n) is 5.10. The molecule has 110 valence electrons. The van der Waals surface area contributed by atoms with Crippen LogP contribution in [0.25, 0.3) is 0 Å². The molecule has 1 aliphatic rings. The third-order valence-corrected chi connectivity index (χ3v) is 3.57. The smallest absolute Gasteiger partial charge is 0.244 e. The number of amides is 1. The zero-order chi connectivity index (χ0) is 14.5. The van der Waals surface area contributed by atoms with E-state index in [1.54, 1.807) is 12.1 Å². The number of hydrogen-bond donors (Lipinski definition) is 1. The molecular weight excluding hydrogens is 259 g/mol. The number of halogens is 1. The molecule has 1 amide bonds. The van der Waals surface area contributed by atoms with E-state index < -0.39 is 5.82 Å². The number of anilines is 1. The first-order chi connectivity index (χ1) is 9.61. The van der Waals surface area contributed by atoms with Crippen molar-refractivity contribution in [3.05, 3.63) is 24.0 Å². The van der Waals surface area contributed by atoms with E-state index >= 15 is 0 Å². The van der Waals surface area contributed by atoms with Gasteiger partial charge in [0.2, 0.25) is 5.91 Å². The Bertz CT molecular complexity index is 473. The summed E-state index contributed by atoms with van der Waals surface area (Å²) < 4.78 is 18.3. The molecule has 0 spiro atoms. The highest BCUT2D eigenvalue weighted by molar-refractivity contribution is 5.84. The van der Waals surface area contributed by atoms with Gasteiger partial charge >= 0.3 is 0 Å². The lowest BCUT2D eigenvalue weighted by Gasteiger charge is -2.29. The van der Waals surface area contributed by atoms with Gasteiger partial charge in [0.15, 0.2) is 11.6 Å². The highest BCUT2D eigenvalue weighted by Gasteiger charge is 2.22. The zero-order valence-corrected chi connectivity index (χ0v) is 12.0. The largest absolute Gasteiger partial charge is 0.494 e. The number of rotatable bonds is 4. The van der Waals surface area contributed by atoms with E-state index in [0.29, 0.717) is 5.69 Å². The summed E-state index contributed by atoms with van der Waals surface area (Å²) in [6.45, 7) is 3.49. The number of carbonyl (C=O) groups is 1. The minimum absolute atomic E-state index is 0.0907. The third kappa shape index (κ3) is 3.40. The van der Waals surface area contributed by atoms with Crippen LogP contribution in [0.2, 0.25) is 0 Å². The summed E-state index contributed by atoms with van der Waals surface area (Å²) in [5.74, 6) is -0.145. The van der Waals surface area contributed by atoms with Gasteiger partial charge in [-0.25, -0.2) is 4.39 Å². The molecule has 5 heteroatoms. The number of nitrogens with one attached hydrogen (secondary N) is 1. The number of piperidine rings is 1. The van der Waals surface area contributed by atoms with Gasteiger partial charge in [-0.15, -0.1) is 0 Å². The van der Waals surface area contributed by atoms with Gasteiger partial charge in [-0.2, -0.15) is 0 Å². The molecule has 20 heavy (non-hydrogen) atoms. The maximum atomic E-state index is 13.3. The molecular formula is C15H21FN2O2. The summed E-state index contributed by atoms with van der Waals surface area (Å²) >= 11 is 0. The van der Waals surface area contributed by atoms with E-state index in [9.17, 15) is 9.18 Å². The van der Waals surface area contributed by atoms with Gasteiger partial charge in [0.25, 0.3) is 0 Å². The molecule has 1 saturated heterocycles. The molecule has 0 bridgehead atoms. The molecule has 1 aliphatic heterocycles. The molecule has 1 N–H and O–H groups in total. The van der Waals surface area contributed by atoms with Gasteiger partial charge < -0.3 is 15.0 Å². The highest BCUT2D eigenvalue weighted by atomic mass is 19.1. The predicted octanol–water partition coefficient (Wildman–Crippen LogP) is 2.65. The molecule has 0 saturated carbocycles. The Labute approximate surface area is 118 Å². The van der Waals surface area contributed by atoms with Crippen molar-refractivity contribution in [1.29, 1.82) is 0 Å². The summed E-state index contributed by atoms with van der Waals surface area (Å²) in [5, 5.41) is 3.10. The minimum atomic E-state index is -0.409. The van der Waals surface area contributed by atoms with Gasteiger partial charge in [-0.3, -0.25) is 4.79 Å². The second-order valence-corrected chi connectivity index (χ2v) is 5.10. The van der Waals surface area contributed by atoms with Crippen LogP contribution in [0.1, 0.15) is 26.2 Å². The topological polar surface area (TPSA) is 41.6 Å². The van der Waals surface area contributed by atoms with Crippen molar-refractivity contribution in [3.8, 4) is 5.75 Å². The summed E-state index contributed by atoms with van der Waals surface area (Å²) in [6, 6.07) is 4.18. The van der Waals surface area contributed by atoms with Crippen LogP contribution < -0.4 is 10.1 Å². The summed E-state index contributed by atoms with van der Waals surface area (Å²) in [6.07, 6.45) is 3.34. The molecule has 0 radical (unpaired) electrons. The van der Waals surface area contributed by atoms with Gasteiger partial charge in [0, 0.05) is 24.8 Å². The highest BCUT2D eigenvalue weighted by Crippen LogP contribution is 2.22. The molecule has 4 nitrogen and oxygen atoms in total. The quantitative estimate of drug-likeness (QED) is 0.922. The Hall–Kier alpha value is -1.78. The van der Waals surface area contributed by atoms with Gasteiger partial charge in [0.1, 0.15) is 6.04 Å². The van der Waals surface area contributed by atoms with Crippen LogP contribution in [0.5, 0.6) is 5.75 Å². The van der Waals surface area contributed by atoms with E-state index in [4.69, 9.17) is 4.74 Å². The van der Waals surface area contributed by atoms with Crippen molar-refractivity contribution >= 4 is 11.6 Å². The monoisotopic (exact) mass is 280 g/mol. The fourth-order valence-electron chi connectivity index (χ4n) is 2.45. The molecule has 1 fully saturated rings. The lowest BCUT2D eigenvalue weighted by Crippen LogP contribution is -2.43. The van der Waals surface area contributed by atoms with Crippen LogP contribution in [0.4, 0.5) is 10.1 Å². The Morgan fingerprint density at radius 1 is 1.35 bits per heavy atom. The Morgan fingerprint density at radius 2 is 2.05 bits per heavy atom. The average molecular weight is 280 g/mol. The van der Waals surface area contributed by atoms with Crippen molar-refractivity contribution in [2.45, 2.75) is 32.2 Å². The number of hydrogen-bond acceptors (Lipinski definition) is 3. The van der Waals surface area contributed by atoms with Crippen LogP contribution in [-0.2, 0) is 4.79 Å². The fourth-order valence-corrected chi connectivity index (χ4v) is 2.45. The molecule has 1 atom stereocenters. The molecule has 2 rings (SSSR count). The first-order valence-electron chi connectivity index (χ1n) is 7.00.